The van der Waals surface area contributed by atoms with E-state index in [0.29, 0.717) is 13.0 Å². The van der Waals surface area contributed by atoms with Crippen LogP contribution in [0.1, 0.15) is 43.9 Å². The lowest BCUT2D eigenvalue weighted by Gasteiger charge is -2.38. The van der Waals surface area contributed by atoms with Crippen molar-refractivity contribution in [3.05, 3.63) is 93.1 Å². The first-order chi connectivity index (χ1) is 17.7. The Morgan fingerprint density at radius 2 is 1.81 bits per heavy atom. The van der Waals surface area contributed by atoms with Crippen molar-refractivity contribution in [2.75, 3.05) is 18.6 Å². The summed E-state index contributed by atoms with van der Waals surface area (Å²) in [6.45, 7) is 7.08. The van der Waals surface area contributed by atoms with Crippen LogP contribution < -0.4 is 9.64 Å². The number of methoxy groups -OCH3 is 1. The molecule has 0 radical (unpaired) electrons. The number of aliphatic hydroxyl groups excluding tert-OH is 1. The van der Waals surface area contributed by atoms with Crippen LogP contribution in [-0.2, 0) is 27.1 Å². The number of rotatable bonds is 7. The summed E-state index contributed by atoms with van der Waals surface area (Å²) in [6, 6.07) is 24.4. The Hall–Kier alpha value is -2.42. The Morgan fingerprint density at radius 3 is 2.49 bits per heavy atom. The fourth-order valence-corrected chi connectivity index (χ4v) is 7.25. The SMILES string of the molecule is COc1ccc(C(C)(C)[C@H]2[C@H](CCO)O[C@@]3(C(=O)N(Cc4cccc(I)c4)c4ccccc43)[C@@H]2C)cc1. The minimum atomic E-state index is -1.09. The zero-order valence-electron chi connectivity index (χ0n) is 21.8. The Morgan fingerprint density at radius 1 is 1.08 bits per heavy atom. The van der Waals surface area contributed by atoms with Crippen LogP contribution in [0.5, 0.6) is 5.75 Å². The molecule has 5 nitrogen and oxygen atoms in total. The largest absolute Gasteiger partial charge is 0.497 e. The van der Waals surface area contributed by atoms with Gasteiger partial charge in [0.1, 0.15) is 5.75 Å². The van der Waals surface area contributed by atoms with E-state index in [-0.39, 0.29) is 35.9 Å². The van der Waals surface area contributed by atoms with Crippen LogP contribution in [0.25, 0.3) is 0 Å². The average molecular weight is 612 g/mol. The van der Waals surface area contributed by atoms with Gasteiger partial charge >= 0.3 is 0 Å². The lowest BCUT2D eigenvalue weighted by molar-refractivity contribution is -0.146. The molecule has 0 bridgehead atoms. The van der Waals surface area contributed by atoms with Gasteiger partial charge in [-0.05, 0) is 75.9 Å². The van der Waals surface area contributed by atoms with Crippen molar-refractivity contribution in [3.63, 3.8) is 0 Å². The molecular formula is C31H34INO4. The second kappa shape index (κ2) is 10.0. The van der Waals surface area contributed by atoms with Crippen molar-refractivity contribution < 1.29 is 19.4 Å². The summed E-state index contributed by atoms with van der Waals surface area (Å²) in [7, 11) is 1.67. The van der Waals surface area contributed by atoms with Crippen LogP contribution in [-0.4, -0.2) is 30.8 Å². The van der Waals surface area contributed by atoms with Crippen molar-refractivity contribution in [2.24, 2.45) is 11.8 Å². The predicted octanol–water partition coefficient (Wildman–Crippen LogP) is 6.05. The molecule has 3 aromatic rings. The Labute approximate surface area is 232 Å². The van der Waals surface area contributed by atoms with Crippen LogP contribution in [0.2, 0.25) is 0 Å². The highest BCUT2D eigenvalue weighted by molar-refractivity contribution is 14.1. The molecule has 1 fully saturated rings. The summed E-state index contributed by atoms with van der Waals surface area (Å²) in [6.07, 6.45) is 0.203. The van der Waals surface area contributed by atoms with E-state index in [0.717, 1.165) is 31.7 Å². The van der Waals surface area contributed by atoms with Crippen LogP contribution in [0.15, 0.2) is 72.8 Å². The number of halogens is 1. The maximum absolute atomic E-state index is 14.4. The molecule has 1 amide bonds. The van der Waals surface area contributed by atoms with Gasteiger partial charge < -0.3 is 19.5 Å². The third kappa shape index (κ3) is 4.27. The molecule has 4 atom stereocenters. The second-order valence-electron chi connectivity index (χ2n) is 10.7. The van der Waals surface area contributed by atoms with Gasteiger partial charge in [0.2, 0.25) is 0 Å². The highest BCUT2D eigenvalue weighted by Crippen LogP contribution is 2.59. The summed E-state index contributed by atoms with van der Waals surface area (Å²) in [5, 5.41) is 10.0. The predicted molar refractivity (Wildman–Crippen MR) is 154 cm³/mol. The minimum Gasteiger partial charge on any atom is -0.497 e. The first-order valence-electron chi connectivity index (χ1n) is 12.8. The van der Waals surface area contributed by atoms with Gasteiger partial charge in [-0.1, -0.05) is 63.2 Å². The molecular weight excluding hydrogens is 577 g/mol. The number of hydrogen-bond donors (Lipinski definition) is 1. The number of aliphatic hydroxyl groups is 1. The number of para-hydroxylation sites is 1. The number of ether oxygens (including phenoxy) is 2. The fourth-order valence-electron chi connectivity index (χ4n) is 6.64. The molecule has 37 heavy (non-hydrogen) atoms. The molecule has 0 saturated carbocycles. The molecule has 3 aromatic carbocycles. The zero-order chi connectivity index (χ0) is 26.4. The molecule has 2 aliphatic rings. The van der Waals surface area contributed by atoms with Gasteiger partial charge in [0.05, 0.1) is 25.4 Å². The number of hydrogen-bond acceptors (Lipinski definition) is 4. The topological polar surface area (TPSA) is 59.0 Å². The van der Waals surface area contributed by atoms with Crippen LogP contribution in [0.4, 0.5) is 5.69 Å². The number of anilines is 1. The highest BCUT2D eigenvalue weighted by Gasteiger charge is 2.65. The van der Waals surface area contributed by atoms with E-state index >= 15 is 0 Å². The summed E-state index contributed by atoms with van der Waals surface area (Å²) in [5.41, 5.74) is 2.67. The molecule has 5 rings (SSSR count). The Kier molecular flexibility index (Phi) is 7.11. The Bertz CT molecular complexity index is 1290. The number of amides is 1. The maximum Gasteiger partial charge on any atom is 0.264 e. The second-order valence-corrected chi connectivity index (χ2v) is 12.0. The van der Waals surface area contributed by atoms with E-state index in [2.05, 4.69) is 73.7 Å². The number of carbonyl (C=O) groups excluding carboxylic acids is 1. The number of carbonyl (C=O) groups is 1. The van der Waals surface area contributed by atoms with E-state index in [1.54, 1.807) is 7.11 Å². The highest BCUT2D eigenvalue weighted by atomic mass is 127. The van der Waals surface area contributed by atoms with E-state index in [9.17, 15) is 9.90 Å². The lowest BCUT2D eigenvalue weighted by atomic mass is 9.63. The Balaban J connectivity index is 1.58. The van der Waals surface area contributed by atoms with Crippen molar-refractivity contribution in [3.8, 4) is 5.75 Å². The van der Waals surface area contributed by atoms with Gasteiger partial charge in [0.15, 0.2) is 5.60 Å². The molecule has 2 aliphatic heterocycles. The van der Waals surface area contributed by atoms with Gasteiger partial charge in [0.25, 0.3) is 5.91 Å². The van der Waals surface area contributed by atoms with Gasteiger partial charge in [0, 0.05) is 27.6 Å². The van der Waals surface area contributed by atoms with Crippen molar-refractivity contribution in [2.45, 2.75) is 50.9 Å². The summed E-state index contributed by atoms with van der Waals surface area (Å²) in [5.74, 6) is 0.680. The van der Waals surface area contributed by atoms with Gasteiger partial charge in [-0.2, -0.15) is 0 Å². The third-order valence-electron chi connectivity index (χ3n) is 8.39. The molecule has 6 heteroatoms. The molecule has 1 saturated heterocycles. The molecule has 0 aromatic heterocycles. The molecule has 194 valence electrons. The van der Waals surface area contributed by atoms with E-state index in [4.69, 9.17) is 9.47 Å². The summed E-state index contributed by atoms with van der Waals surface area (Å²) >= 11 is 2.31. The van der Waals surface area contributed by atoms with E-state index in [1.807, 2.05) is 47.4 Å². The quantitative estimate of drug-likeness (QED) is 0.331. The van der Waals surface area contributed by atoms with E-state index < -0.39 is 5.60 Å². The summed E-state index contributed by atoms with van der Waals surface area (Å²) < 4.78 is 13.4. The van der Waals surface area contributed by atoms with Crippen LogP contribution in [0.3, 0.4) is 0 Å². The molecule has 0 unspecified atom stereocenters. The van der Waals surface area contributed by atoms with Gasteiger partial charge in [-0.25, -0.2) is 0 Å². The van der Waals surface area contributed by atoms with Crippen molar-refractivity contribution in [1.82, 2.24) is 0 Å². The van der Waals surface area contributed by atoms with Crippen molar-refractivity contribution in [1.29, 1.82) is 0 Å². The number of fused-ring (bicyclic) bond motifs is 2. The lowest BCUT2D eigenvalue weighted by Crippen LogP contribution is -2.45. The molecule has 1 N–H and O–H groups in total. The smallest absolute Gasteiger partial charge is 0.264 e. The average Bonchev–Trinajstić information content (AvgIpc) is 3.32. The standard InChI is InChI=1S/C31H34INO4/c1-20-28(30(2,3)22-12-14-24(36-4)15-13-22)27(16-17-34)37-31(20)25-10-5-6-11-26(25)33(29(31)35)19-21-8-7-9-23(32)18-21/h5-15,18,20,27-28,34H,16-17,19H2,1-4H3/t20-,27+,28-,31+/m1/s1. The molecule has 1 spiro atoms. The van der Waals surface area contributed by atoms with Crippen LogP contribution >= 0.6 is 22.6 Å². The first kappa shape index (κ1) is 26.2. The monoisotopic (exact) mass is 611 g/mol. The molecule has 2 heterocycles. The summed E-state index contributed by atoms with van der Waals surface area (Å²) in [4.78, 5) is 16.3. The fraction of sp³-hybridized carbons (Fsp3) is 0.387. The first-order valence-corrected chi connectivity index (χ1v) is 13.9. The third-order valence-corrected chi connectivity index (χ3v) is 9.06. The number of nitrogens with zero attached hydrogens (tertiary/aromatic N) is 1. The zero-order valence-corrected chi connectivity index (χ0v) is 23.9. The van der Waals surface area contributed by atoms with Crippen LogP contribution in [0, 0.1) is 15.4 Å². The van der Waals surface area contributed by atoms with E-state index in [1.165, 1.54) is 0 Å². The van der Waals surface area contributed by atoms with Gasteiger partial charge in [-0.3, -0.25) is 4.79 Å². The maximum atomic E-state index is 14.4. The molecule has 0 aliphatic carbocycles. The minimum absolute atomic E-state index is 0.00248. The number of benzene rings is 3. The van der Waals surface area contributed by atoms with Crippen molar-refractivity contribution >= 4 is 34.2 Å². The normalized spacial score (nSPS) is 25.1. The van der Waals surface area contributed by atoms with Gasteiger partial charge in [-0.15, -0.1) is 0 Å².